The van der Waals surface area contributed by atoms with E-state index in [-0.39, 0.29) is 5.82 Å². The van der Waals surface area contributed by atoms with E-state index in [1.807, 2.05) is 0 Å². The zero-order valence-electron chi connectivity index (χ0n) is 12.0. The summed E-state index contributed by atoms with van der Waals surface area (Å²) >= 11 is 3.20. The fraction of sp³-hybridized carbons (Fsp3) is 0.667. The number of pyridine rings is 1. The van der Waals surface area contributed by atoms with Gasteiger partial charge in [-0.3, -0.25) is 0 Å². The van der Waals surface area contributed by atoms with Crippen molar-refractivity contribution in [3.05, 3.63) is 22.6 Å². The van der Waals surface area contributed by atoms with Crippen LogP contribution in [0.1, 0.15) is 38.5 Å². The summed E-state index contributed by atoms with van der Waals surface area (Å²) in [7, 11) is 2.20. The zero-order chi connectivity index (χ0) is 14.4. The van der Waals surface area contributed by atoms with Gasteiger partial charge in [-0.25, -0.2) is 9.37 Å². The molecule has 0 spiro atoms. The van der Waals surface area contributed by atoms with E-state index in [4.69, 9.17) is 0 Å². The van der Waals surface area contributed by atoms with Crippen molar-refractivity contribution in [1.29, 1.82) is 0 Å². The van der Waals surface area contributed by atoms with Crippen LogP contribution < -0.4 is 5.32 Å². The highest BCUT2D eigenvalue weighted by Crippen LogP contribution is 2.21. The van der Waals surface area contributed by atoms with Gasteiger partial charge in [0.2, 0.25) is 0 Å². The van der Waals surface area contributed by atoms with E-state index in [1.54, 1.807) is 6.20 Å². The Balaban J connectivity index is 1.68. The van der Waals surface area contributed by atoms with Crippen LogP contribution in [0.3, 0.4) is 0 Å². The normalized spacial score (nSPS) is 16.6. The number of halogens is 2. The number of hydrogen-bond acceptors (Lipinski definition) is 3. The van der Waals surface area contributed by atoms with Crippen molar-refractivity contribution in [2.24, 2.45) is 0 Å². The van der Waals surface area contributed by atoms with E-state index in [1.165, 1.54) is 38.2 Å². The number of hydrogen-bond donors (Lipinski definition) is 1. The van der Waals surface area contributed by atoms with Gasteiger partial charge in [-0.2, -0.15) is 0 Å². The average Bonchev–Trinajstić information content (AvgIpc) is 2.46. The first-order valence-corrected chi connectivity index (χ1v) is 8.21. The average molecular weight is 344 g/mol. The number of nitrogens with zero attached hydrogens (tertiary/aromatic N) is 2. The molecule has 0 saturated heterocycles. The SMILES string of the molecule is CN(CCCNc1ncc(Br)cc1F)C1CCCCC1. The molecule has 0 radical (unpaired) electrons. The van der Waals surface area contributed by atoms with Gasteiger partial charge in [0.05, 0.1) is 0 Å². The van der Waals surface area contributed by atoms with Crippen molar-refractivity contribution in [2.75, 3.05) is 25.5 Å². The molecular formula is C15H23BrFN3. The molecule has 0 atom stereocenters. The van der Waals surface area contributed by atoms with Gasteiger partial charge in [-0.1, -0.05) is 19.3 Å². The van der Waals surface area contributed by atoms with Crippen molar-refractivity contribution in [3.8, 4) is 0 Å². The molecule has 0 aromatic carbocycles. The van der Waals surface area contributed by atoms with Gasteiger partial charge >= 0.3 is 0 Å². The van der Waals surface area contributed by atoms with Crippen LogP contribution in [0.4, 0.5) is 10.2 Å². The molecule has 1 fully saturated rings. The molecule has 20 heavy (non-hydrogen) atoms. The molecule has 1 aliphatic carbocycles. The van der Waals surface area contributed by atoms with Gasteiger partial charge < -0.3 is 10.2 Å². The Kier molecular flexibility index (Phi) is 6.23. The van der Waals surface area contributed by atoms with E-state index in [9.17, 15) is 4.39 Å². The van der Waals surface area contributed by atoms with Crippen LogP contribution in [0.25, 0.3) is 0 Å². The van der Waals surface area contributed by atoms with E-state index in [0.717, 1.165) is 25.6 Å². The fourth-order valence-corrected chi connectivity index (χ4v) is 3.09. The van der Waals surface area contributed by atoms with Crippen molar-refractivity contribution in [3.63, 3.8) is 0 Å². The lowest BCUT2D eigenvalue weighted by atomic mass is 9.94. The second kappa shape index (κ2) is 7.93. The van der Waals surface area contributed by atoms with Crippen LogP contribution in [0.5, 0.6) is 0 Å². The van der Waals surface area contributed by atoms with E-state index >= 15 is 0 Å². The third-order valence-electron chi connectivity index (χ3n) is 3.99. The molecule has 3 nitrogen and oxygen atoms in total. The van der Waals surface area contributed by atoms with Crippen LogP contribution in [-0.4, -0.2) is 36.1 Å². The minimum absolute atomic E-state index is 0.306. The predicted molar refractivity (Wildman–Crippen MR) is 84.5 cm³/mol. The Morgan fingerprint density at radius 3 is 2.85 bits per heavy atom. The molecular weight excluding hydrogens is 321 g/mol. The summed E-state index contributed by atoms with van der Waals surface area (Å²) in [6, 6.07) is 2.18. The highest BCUT2D eigenvalue weighted by molar-refractivity contribution is 9.10. The summed E-state index contributed by atoms with van der Waals surface area (Å²) in [6.45, 7) is 1.80. The quantitative estimate of drug-likeness (QED) is 0.789. The maximum Gasteiger partial charge on any atom is 0.166 e. The minimum atomic E-state index is -0.306. The molecule has 2 rings (SSSR count). The summed E-state index contributed by atoms with van der Waals surface area (Å²) in [6.07, 6.45) is 9.38. The number of nitrogens with one attached hydrogen (secondary N) is 1. The predicted octanol–water partition coefficient (Wildman–Crippen LogP) is 4.05. The first kappa shape index (κ1) is 15.7. The third-order valence-corrected chi connectivity index (χ3v) is 4.42. The summed E-state index contributed by atoms with van der Waals surface area (Å²) < 4.78 is 14.2. The van der Waals surface area contributed by atoms with Crippen LogP contribution in [0.15, 0.2) is 16.7 Å². The lowest BCUT2D eigenvalue weighted by Crippen LogP contribution is -2.34. The molecule has 0 bridgehead atoms. The molecule has 0 unspecified atom stereocenters. The third kappa shape index (κ3) is 4.70. The molecule has 1 aliphatic rings. The first-order valence-electron chi connectivity index (χ1n) is 7.42. The van der Waals surface area contributed by atoms with Gasteiger partial charge in [0, 0.05) is 23.3 Å². The maximum atomic E-state index is 13.6. The van der Waals surface area contributed by atoms with Gasteiger partial charge in [-0.15, -0.1) is 0 Å². The fourth-order valence-electron chi connectivity index (χ4n) is 2.78. The smallest absolute Gasteiger partial charge is 0.166 e. The molecule has 0 aliphatic heterocycles. The molecule has 5 heteroatoms. The van der Waals surface area contributed by atoms with Crippen molar-refractivity contribution in [2.45, 2.75) is 44.6 Å². The number of aromatic nitrogens is 1. The van der Waals surface area contributed by atoms with Gasteiger partial charge in [0.1, 0.15) is 0 Å². The monoisotopic (exact) mass is 343 g/mol. The van der Waals surface area contributed by atoms with Crippen molar-refractivity contribution < 1.29 is 4.39 Å². The Bertz CT molecular complexity index is 422. The highest BCUT2D eigenvalue weighted by atomic mass is 79.9. The summed E-state index contributed by atoms with van der Waals surface area (Å²) in [5.74, 6) is 0.0357. The summed E-state index contributed by atoms with van der Waals surface area (Å²) in [4.78, 5) is 6.49. The van der Waals surface area contributed by atoms with Crippen LogP contribution in [0.2, 0.25) is 0 Å². The molecule has 1 aromatic rings. The molecule has 1 N–H and O–H groups in total. The van der Waals surface area contributed by atoms with Crippen molar-refractivity contribution in [1.82, 2.24) is 9.88 Å². The van der Waals surface area contributed by atoms with Crippen LogP contribution in [-0.2, 0) is 0 Å². The molecule has 1 aromatic heterocycles. The molecule has 1 saturated carbocycles. The van der Waals surface area contributed by atoms with Crippen molar-refractivity contribution >= 4 is 21.7 Å². The summed E-state index contributed by atoms with van der Waals surface area (Å²) in [5, 5.41) is 3.06. The second-order valence-corrected chi connectivity index (χ2v) is 6.45. The number of rotatable bonds is 6. The second-order valence-electron chi connectivity index (χ2n) is 5.54. The Hall–Kier alpha value is -0.680. The Morgan fingerprint density at radius 2 is 2.15 bits per heavy atom. The number of anilines is 1. The highest BCUT2D eigenvalue weighted by Gasteiger charge is 2.17. The minimum Gasteiger partial charge on any atom is -0.368 e. The lowest BCUT2D eigenvalue weighted by Gasteiger charge is -2.31. The van der Waals surface area contributed by atoms with Gasteiger partial charge in [-0.05, 0) is 54.9 Å². The topological polar surface area (TPSA) is 28.2 Å². The van der Waals surface area contributed by atoms with Gasteiger partial charge in [0.15, 0.2) is 11.6 Å². The molecule has 1 heterocycles. The lowest BCUT2D eigenvalue weighted by molar-refractivity contribution is 0.191. The van der Waals surface area contributed by atoms with Crippen LogP contribution in [0, 0.1) is 5.82 Å². The first-order chi connectivity index (χ1) is 9.66. The standard InChI is InChI=1S/C15H23BrFN3/c1-20(13-6-3-2-4-7-13)9-5-8-18-15-14(17)10-12(16)11-19-15/h10-11,13H,2-9H2,1H3,(H,18,19). The summed E-state index contributed by atoms with van der Waals surface area (Å²) in [5.41, 5.74) is 0. The largest absolute Gasteiger partial charge is 0.368 e. The van der Waals surface area contributed by atoms with E-state index in [0.29, 0.717) is 10.3 Å². The maximum absolute atomic E-state index is 13.6. The zero-order valence-corrected chi connectivity index (χ0v) is 13.6. The molecule has 112 valence electrons. The molecule has 0 amide bonds. The Labute approximate surface area is 129 Å². The van der Waals surface area contributed by atoms with Crippen LogP contribution >= 0.6 is 15.9 Å². The van der Waals surface area contributed by atoms with Gasteiger partial charge in [0.25, 0.3) is 0 Å². The van der Waals surface area contributed by atoms with E-state index < -0.39 is 0 Å². The van der Waals surface area contributed by atoms with E-state index in [2.05, 4.69) is 38.2 Å². The Morgan fingerprint density at radius 1 is 1.40 bits per heavy atom.